The van der Waals surface area contributed by atoms with E-state index in [2.05, 4.69) is 0 Å². The highest BCUT2D eigenvalue weighted by Gasteiger charge is 2.13. The van der Waals surface area contributed by atoms with Gasteiger partial charge in [0.25, 0.3) is 0 Å². The predicted octanol–water partition coefficient (Wildman–Crippen LogP) is 2.92. The quantitative estimate of drug-likeness (QED) is 0.920. The maximum absolute atomic E-state index is 12.9. The first-order valence-corrected chi connectivity index (χ1v) is 5.80. The van der Waals surface area contributed by atoms with E-state index in [0.29, 0.717) is 22.6 Å². The van der Waals surface area contributed by atoms with Crippen LogP contribution in [0.15, 0.2) is 42.5 Å². The SMILES string of the molecule is COc1cc(OC)cc(C(O)c2ccc(F)cc2)c1. The second kappa shape index (κ2) is 5.71. The van der Waals surface area contributed by atoms with Gasteiger partial charge in [0, 0.05) is 6.07 Å². The van der Waals surface area contributed by atoms with Crippen molar-refractivity contribution in [3.8, 4) is 11.5 Å². The van der Waals surface area contributed by atoms with E-state index in [-0.39, 0.29) is 5.82 Å². The Morgan fingerprint density at radius 3 is 1.89 bits per heavy atom. The Morgan fingerprint density at radius 1 is 0.895 bits per heavy atom. The maximum atomic E-state index is 12.9. The largest absolute Gasteiger partial charge is 0.497 e. The number of benzene rings is 2. The van der Waals surface area contributed by atoms with Gasteiger partial charge in [0.2, 0.25) is 0 Å². The van der Waals surface area contributed by atoms with Gasteiger partial charge >= 0.3 is 0 Å². The number of aliphatic hydroxyl groups is 1. The molecule has 1 N–H and O–H groups in total. The molecule has 0 saturated carbocycles. The van der Waals surface area contributed by atoms with Crippen LogP contribution in [0.25, 0.3) is 0 Å². The summed E-state index contributed by atoms with van der Waals surface area (Å²) < 4.78 is 23.2. The molecule has 100 valence electrons. The van der Waals surface area contributed by atoms with Crippen molar-refractivity contribution in [1.82, 2.24) is 0 Å². The number of ether oxygens (including phenoxy) is 2. The Labute approximate surface area is 111 Å². The van der Waals surface area contributed by atoms with Gasteiger partial charge in [0.15, 0.2) is 0 Å². The molecular weight excluding hydrogens is 247 g/mol. The average molecular weight is 262 g/mol. The minimum atomic E-state index is -0.857. The molecule has 0 saturated heterocycles. The minimum Gasteiger partial charge on any atom is -0.497 e. The molecule has 0 radical (unpaired) electrons. The molecule has 1 unspecified atom stereocenters. The molecule has 2 rings (SSSR count). The van der Waals surface area contributed by atoms with Gasteiger partial charge in [0.05, 0.1) is 14.2 Å². The van der Waals surface area contributed by atoms with Crippen LogP contribution in [0.5, 0.6) is 11.5 Å². The van der Waals surface area contributed by atoms with Gasteiger partial charge in [-0.25, -0.2) is 4.39 Å². The lowest BCUT2D eigenvalue weighted by Crippen LogP contribution is -2.01. The molecule has 4 heteroatoms. The molecule has 2 aromatic carbocycles. The third-order valence-corrected chi connectivity index (χ3v) is 2.88. The first kappa shape index (κ1) is 13.4. The second-order valence-electron chi connectivity index (χ2n) is 4.10. The highest BCUT2D eigenvalue weighted by molar-refractivity contribution is 5.42. The van der Waals surface area contributed by atoms with Crippen molar-refractivity contribution in [3.63, 3.8) is 0 Å². The first-order chi connectivity index (χ1) is 9.13. The molecular formula is C15H15FO3. The van der Waals surface area contributed by atoms with Crippen LogP contribution in [0.4, 0.5) is 4.39 Å². The van der Waals surface area contributed by atoms with Gasteiger partial charge in [-0.05, 0) is 35.4 Å². The summed E-state index contributed by atoms with van der Waals surface area (Å²) in [6.07, 6.45) is -0.857. The van der Waals surface area contributed by atoms with Crippen LogP contribution in [0.3, 0.4) is 0 Å². The lowest BCUT2D eigenvalue weighted by molar-refractivity contribution is 0.219. The van der Waals surface area contributed by atoms with Crippen LogP contribution < -0.4 is 9.47 Å². The number of hydrogen-bond donors (Lipinski definition) is 1. The number of rotatable bonds is 4. The van der Waals surface area contributed by atoms with Crippen LogP contribution >= 0.6 is 0 Å². The molecule has 0 aromatic heterocycles. The molecule has 3 nitrogen and oxygen atoms in total. The van der Waals surface area contributed by atoms with E-state index >= 15 is 0 Å². The van der Waals surface area contributed by atoms with Gasteiger partial charge in [0.1, 0.15) is 23.4 Å². The molecule has 19 heavy (non-hydrogen) atoms. The summed E-state index contributed by atoms with van der Waals surface area (Å²) in [7, 11) is 3.09. The summed E-state index contributed by atoms with van der Waals surface area (Å²) in [5, 5.41) is 10.3. The number of hydrogen-bond acceptors (Lipinski definition) is 3. The number of aliphatic hydroxyl groups excluding tert-OH is 1. The lowest BCUT2D eigenvalue weighted by Gasteiger charge is -2.14. The molecule has 0 amide bonds. The van der Waals surface area contributed by atoms with Crippen molar-refractivity contribution in [2.24, 2.45) is 0 Å². The Morgan fingerprint density at radius 2 is 1.42 bits per heavy atom. The first-order valence-electron chi connectivity index (χ1n) is 5.80. The fourth-order valence-electron chi connectivity index (χ4n) is 1.82. The third kappa shape index (κ3) is 3.03. The van der Waals surface area contributed by atoms with Gasteiger partial charge in [-0.15, -0.1) is 0 Å². The van der Waals surface area contributed by atoms with Crippen molar-refractivity contribution in [1.29, 1.82) is 0 Å². The minimum absolute atomic E-state index is 0.334. The molecule has 0 heterocycles. The highest BCUT2D eigenvalue weighted by Crippen LogP contribution is 2.29. The van der Waals surface area contributed by atoms with Crippen LogP contribution in [0, 0.1) is 5.82 Å². The summed E-state index contributed by atoms with van der Waals surface area (Å²) in [5.41, 5.74) is 1.24. The van der Waals surface area contributed by atoms with E-state index < -0.39 is 6.10 Å². The molecule has 0 aliphatic carbocycles. The molecule has 0 bridgehead atoms. The van der Waals surface area contributed by atoms with Crippen molar-refractivity contribution in [2.75, 3.05) is 14.2 Å². The van der Waals surface area contributed by atoms with Crippen LogP contribution in [0.2, 0.25) is 0 Å². The van der Waals surface area contributed by atoms with E-state index in [0.717, 1.165) is 0 Å². The zero-order valence-electron chi connectivity index (χ0n) is 10.8. The summed E-state index contributed by atoms with van der Waals surface area (Å²) in [6.45, 7) is 0. The number of halogens is 1. The molecule has 2 aromatic rings. The highest BCUT2D eigenvalue weighted by atomic mass is 19.1. The summed E-state index contributed by atoms with van der Waals surface area (Å²) in [4.78, 5) is 0. The standard InChI is InChI=1S/C15H15FO3/c1-18-13-7-11(8-14(9-13)19-2)15(17)10-3-5-12(16)6-4-10/h3-9,15,17H,1-2H3. The Hall–Kier alpha value is -2.07. The van der Waals surface area contributed by atoms with Gasteiger partial charge in [-0.1, -0.05) is 12.1 Å². The Kier molecular flexibility index (Phi) is 4.02. The topological polar surface area (TPSA) is 38.7 Å². The smallest absolute Gasteiger partial charge is 0.123 e. The summed E-state index contributed by atoms with van der Waals surface area (Å²) >= 11 is 0. The zero-order valence-corrected chi connectivity index (χ0v) is 10.8. The predicted molar refractivity (Wildman–Crippen MR) is 70.0 cm³/mol. The summed E-state index contributed by atoms with van der Waals surface area (Å²) in [6, 6.07) is 10.9. The van der Waals surface area contributed by atoms with E-state index in [1.807, 2.05) is 0 Å². The van der Waals surface area contributed by atoms with Gasteiger partial charge < -0.3 is 14.6 Å². The van der Waals surface area contributed by atoms with Crippen molar-refractivity contribution < 1.29 is 19.0 Å². The fourth-order valence-corrected chi connectivity index (χ4v) is 1.82. The van der Waals surface area contributed by atoms with Crippen LogP contribution in [-0.4, -0.2) is 19.3 Å². The van der Waals surface area contributed by atoms with Crippen LogP contribution in [-0.2, 0) is 0 Å². The monoisotopic (exact) mass is 262 g/mol. The molecule has 1 atom stereocenters. The van der Waals surface area contributed by atoms with E-state index in [1.54, 1.807) is 44.6 Å². The van der Waals surface area contributed by atoms with E-state index in [1.165, 1.54) is 12.1 Å². The van der Waals surface area contributed by atoms with Gasteiger partial charge in [-0.3, -0.25) is 0 Å². The van der Waals surface area contributed by atoms with Crippen molar-refractivity contribution in [3.05, 3.63) is 59.4 Å². The lowest BCUT2D eigenvalue weighted by atomic mass is 10.0. The normalized spacial score (nSPS) is 12.0. The Bertz CT molecular complexity index is 530. The maximum Gasteiger partial charge on any atom is 0.123 e. The summed E-state index contributed by atoms with van der Waals surface area (Å²) in [5.74, 6) is 0.852. The number of methoxy groups -OCH3 is 2. The zero-order chi connectivity index (χ0) is 13.8. The molecule has 0 fully saturated rings. The van der Waals surface area contributed by atoms with Gasteiger partial charge in [-0.2, -0.15) is 0 Å². The average Bonchev–Trinajstić information content (AvgIpc) is 2.46. The van der Waals surface area contributed by atoms with Crippen LogP contribution in [0.1, 0.15) is 17.2 Å². The third-order valence-electron chi connectivity index (χ3n) is 2.88. The second-order valence-corrected chi connectivity index (χ2v) is 4.10. The van der Waals surface area contributed by atoms with Crippen molar-refractivity contribution in [2.45, 2.75) is 6.10 Å². The van der Waals surface area contributed by atoms with E-state index in [4.69, 9.17) is 9.47 Å². The Balaban J connectivity index is 2.37. The molecule has 0 aliphatic heterocycles. The van der Waals surface area contributed by atoms with E-state index in [9.17, 15) is 9.50 Å². The fraction of sp³-hybridized carbons (Fsp3) is 0.200. The molecule has 0 spiro atoms. The van der Waals surface area contributed by atoms with Crippen molar-refractivity contribution >= 4 is 0 Å². The molecule has 0 aliphatic rings.